The molecule has 1 aliphatic heterocycles. The molecule has 3 aromatic rings. The normalized spacial score (nSPS) is 13.7. The van der Waals surface area contributed by atoms with E-state index in [1.54, 1.807) is 22.9 Å². The summed E-state index contributed by atoms with van der Waals surface area (Å²) in [6, 6.07) is 12.3. The fourth-order valence-electron chi connectivity index (χ4n) is 3.63. The van der Waals surface area contributed by atoms with Crippen LogP contribution in [0.4, 0.5) is 16.3 Å². The number of nitrogens with zero attached hydrogens (tertiary/aromatic N) is 2. The number of carbonyl (C=O) groups excluding carboxylic acids is 2. The van der Waals surface area contributed by atoms with Crippen LogP contribution >= 0.6 is 23.2 Å². The van der Waals surface area contributed by atoms with Gasteiger partial charge in [0.25, 0.3) is 0 Å². The van der Waals surface area contributed by atoms with Gasteiger partial charge in [-0.1, -0.05) is 56.1 Å². The minimum absolute atomic E-state index is 0.0225. The van der Waals surface area contributed by atoms with Crippen molar-refractivity contribution in [2.24, 2.45) is 0 Å². The van der Waals surface area contributed by atoms with Gasteiger partial charge in [-0.25, -0.2) is 9.48 Å². The summed E-state index contributed by atoms with van der Waals surface area (Å²) in [7, 11) is 0. The van der Waals surface area contributed by atoms with Gasteiger partial charge in [-0.15, -0.1) is 0 Å². The molecule has 3 amide bonds. The van der Waals surface area contributed by atoms with E-state index in [2.05, 4.69) is 36.7 Å². The highest BCUT2D eigenvalue weighted by Gasteiger charge is 2.23. The maximum Gasteiger partial charge on any atom is 0.324 e. The average molecular weight is 486 g/mol. The lowest BCUT2D eigenvalue weighted by molar-refractivity contribution is -0.120. The van der Waals surface area contributed by atoms with Crippen LogP contribution in [0.3, 0.4) is 0 Å². The smallest absolute Gasteiger partial charge is 0.324 e. The summed E-state index contributed by atoms with van der Waals surface area (Å²) >= 11 is 12.3. The standard InChI is InChI=1S/C24H25Cl2N5O2/c1-24(2,3)19-13-20(29-23(33)28-18-6-4-5-17(25)22(18)26)31(30-19)16-8-7-14-12-21(32)27-10-9-15(14)11-16/h4-8,11,13H,9-10,12H2,1-3H3,(H,27,32)(H2,28,29,33). The highest BCUT2D eigenvalue weighted by Crippen LogP contribution is 2.31. The van der Waals surface area contributed by atoms with Crippen molar-refractivity contribution >= 4 is 46.6 Å². The Hall–Kier alpha value is -3.03. The van der Waals surface area contributed by atoms with Gasteiger partial charge in [0.1, 0.15) is 5.82 Å². The maximum absolute atomic E-state index is 12.8. The number of aromatic nitrogens is 2. The summed E-state index contributed by atoms with van der Waals surface area (Å²) in [5.41, 5.74) is 3.89. The largest absolute Gasteiger partial charge is 0.355 e. The van der Waals surface area contributed by atoms with E-state index < -0.39 is 6.03 Å². The van der Waals surface area contributed by atoms with Gasteiger partial charge in [0.05, 0.1) is 33.5 Å². The van der Waals surface area contributed by atoms with Crippen LogP contribution in [0.5, 0.6) is 0 Å². The van der Waals surface area contributed by atoms with Crippen molar-refractivity contribution in [3.63, 3.8) is 0 Å². The first-order chi connectivity index (χ1) is 15.6. The van der Waals surface area contributed by atoms with Crippen molar-refractivity contribution in [3.8, 4) is 5.69 Å². The first-order valence-corrected chi connectivity index (χ1v) is 11.4. The summed E-state index contributed by atoms with van der Waals surface area (Å²) in [5, 5.41) is 13.9. The number of anilines is 2. The Morgan fingerprint density at radius 2 is 1.88 bits per heavy atom. The number of benzene rings is 2. The minimum atomic E-state index is -0.467. The highest BCUT2D eigenvalue weighted by atomic mass is 35.5. The van der Waals surface area contributed by atoms with Crippen molar-refractivity contribution in [1.82, 2.24) is 15.1 Å². The van der Waals surface area contributed by atoms with E-state index in [1.807, 2.05) is 24.3 Å². The molecule has 0 unspecified atom stereocenters. The number of hydrogen-bond acceptors (Lipinski definition) is 3. The van der Waals surface area contributed by atoms with Crippen LogP contribution < -0.4 is 16.0 Å². The summed E-state index contributed by atoms with van der Waals surface area (Å²) in [6.07, 6.45) is 1.09. The van der Waals surface area contributed by atoms with E-state index in [-0.39, 0.29) is 16.3 Å². The molecule has 2 aromatic carbocycles. The quantitative estimate of drug-likeness (QED) is 0.467. The predicted octanol–water partition coefficient (Wildman–Crippen LogP) is 5.34. The maximum atomic E-state index is 12.8. The molecular formula is C24H25Cl2N5O2. The Bertz CT molecular complexity index is 1230. The average Bonchev–Trinajstić information content (AvgIpc) is 3.07. The molecule has 0 fully saturated rings. The molecule has 7 nitrogen and oxygen atoms in total. The summed E-state index contributed by atoms with van der Waals surface area (Å²) in [6.45, 7) is 6.77. The fraction of sp³-hybridized carbons (Fsp3) is 0.292. The molecule has 0 radical (unpaired) electrons. The number of amides is 3. The lowest BCUT2D eigenvalue weighted by Gasteiger charge is -2.14. The molecule has 1 aliphatic rings. The van der Waals surface area contributed by atoms with E-state index in [0.717, 1.165) is 28.9 Å². The van der Waals surface area contributed by atoms with Crippen LogP contribution in [0.2, 0.25) is 10.0 Å². The second kappa shape index (κ2) is 9.08. The van der Waals surface area contributed by atoms with E-state index >= 15 is 0 Å². The number of rotatable bonds is 3. The summed E-state index contributed by atoms with van der Waals surface area (Å²) < 4.78 is 1.71. The molecule has 1 aromatic heterocycles. The molecule has 3 N–H and O–H groups in total. The van der Waals surface area contributed by atoms with Gasteiger partial charge in [0.15, 0.2) is 0 Å². The van der Waals surface area contributed by atoms with Crippen molar-refractivity contribution in [2.75, 3.05) is 17.2 Å². The summed E-state index contributed by atoms with van der Waals surface area (Å²) in [5.74, 6) is 0.535. The van der Waals surface area contributed by atoms with E-state index in [9.17, 15) is 9.59 Å². The first kappa shape index (κ1) is 23.1. The Labute approximate surface area is 202 Å². The third-order valence-electron chi connectivity index (χ3n) is 5.42. The first-order valence-electron chi connectivity index (χ1n) is 10.6. The lowest BCUT2D eigenvalue weighted by atomic mass is 9.92. The lowest BCUT2D eigenvalue weighted by Crippen LogP contribution is -2.24. The van der Waals surface area contributed by atoms with Crippen LogP contribution in [-0.2, 0) is 23.1 Å². The van der Waals surface area contributed by atoms with Crippen molar-refractivity contribution in [3.05, 3.63) is 69.3 Å². The van der Waals surface area contributed by atoms with Gasteiger partial charge in [0.2, 0.25) is 5.91 Å². The number of halogens is 2. The number of hydrogen-bond donors (Lipinski definition) is 3. The second-order valence-electron chi connectivity index (χ2n) is 8.99. The molecule has 0 saturated heterocycles. The SMILES string of the molecule is CC(C)(C)c1cc(NC(=O)Nc2cccc(Cl)c2Cl)n(-c2ccc3c(c2)CCNC(=O)C3)n1. The van der Waals surface area contributed by atoms with Gasteiger partial charge in [-0.2, -0.15) is 5.10 Å². The van der Waals surface area contributed by atoms with E-state index in [4.69, 9.17) is 28.3 Å². The number of fused-ring (bicyclic) bond motifs is 1. The summed E-state index contributed by atoms with van der Waals surface area (Å²) in [4.78, 5) is 24.7. The number of urea groups is 1. The molecule has 33 heavy (non-hydrogen) atoms. The van der Waals surface area contributed by atoms with Crippen molar-refractivity contribution in [2.45, 2.75) is 39.0 Å². The fourth-order valence-corrected chi connectivity index (χ4v) is 3.97. The molecule has 0 aliphatic carbocycles. The van der Waals surface area contributed by atoms with Gasteiger partial charge in [-0.05, 0) is 41.8 Å². The molecule has 0 saturated carbocycles. The van der Waals surface area contributed by atoms with E-state index in [0.29, 0.717) is 29.5 Å². The molecule has 2 heterocycles. The minimum Gasteiger partial charge on any atom is -0.355 e. The Morgan fingerprint density at radius 3 is 2.64 bits per heavy atom. The van der Waals surface area contributed by atoms with Gasteiger partial charge in [0, 0.05) is 18.0 Å². The predicted molar refractivity (Wildman–Crippen MR) is 132 cm³/mol. The van der Waals surface area contributed by atoms with Crippen molar-refractivity contribution < 1.29 is 9.59 Å². The zero-order valence-electron chi connectivity index (χ0n) is 18.6. The van der Waals surface area contributed by atoms with Crippen LogP contribution in [0, 0.1) is 0 Å². The van der Waals surface area contributed by atoms with Crippen LogP contribution in [0.15, 0.2) is 42.5 Å². The van der Waals surface area contributed by atoms with Crippen LogP contribution in [0.1, 0.15) is 37.6 Å². The molecule has 0 bridgehead atoms. The Balaban J connectivity index is 1.67. The van der Waals surface area contributed by atoms with Crippen molar-refractivity contribution in [1.29, 1.82) is 0 Å². The molecule has 0 atom stereocenters. The zero-order chi connectivity index (χ0) is 23.8. The second-order valence-corrected chi connectivity index (χ2v) is 9.77. The van der Waals surface area contributed by atoms with E-state index in [1.165, 1.54) is 0 Å². The molecular weight excluding hydrogens is 461 g/mol. The zero-order valence-corrected chi connectivity index (χ0v) is 20.1. The topological polar surface area (TPSA) is 88.0 Å². The number of nitrogens with one attached hydrogen (secondary N) is 3. The third kappa shape index (κ3) is 5.15. The van der Waals surface area contributed by atoms with Crippen LogP contribution in [-0.4, -0.2) is 28.3 Å². The van der Waals surface area contributed by atoms with Gasteiger partial charge < -0.3 is 10.6 Å². The van der Waals surface area contributed by atoms with Gasteiger partial charge >= 0.3 is 6.03 Å². The Kier molecular flexibility index (Phi) is 6.36. The molecule has 9 heteroatoms. The Morgan fingerprint density at radius 1 is 1.09 bits per heavy atom. The van der Waals surface area contributed by atoms with Gasteiger partial charge in [-0.3, -0.25) is 10.1 Å². The third-order valence-corrected chi connectivity index (χ3v) is 6.24. The monoisotopic (exact) mass is 485 g/mol. The molecule has 4 rings (SSSR count). The number of carbonyl (C=O) groups is 2. The van der Waals surface area contributed by atoms with Crippen LogP contribution in [0.25, 0.3) is 5.69 Å². The molecule has 172 valence electrons. The molecule has 0 spiro atoms. The highest BCUT2D eigenvalue weighted by molar-refractivity contribution is 6.44.